The highest BCUT2D eigenvalue weighted by Gasteiger charge is 2.39. The maximum absolute atomic E-state index is 13.3. The van der Waals surface area contributed by atoms with Crippen molar-refractivity contribution in [2.75, 3.05) is 6.54 Å². The number of carbonyl (C=O) groups excluding carboxylic acids is 1. The Labute approximate surface area is 179 Å². The molecule has 1 aliphatic carbocycles. The molecular weight excluding hydrogens is 406 g/mol. The summed E-state index contributed by atoms with van der Waals surface area (Å²) in [4.78, 5) is 13.0. The summed E-state index contributed by atoms with van der Waals surface area (Å²) in [7, 11) is -3.66. The zero-order chi connectivity index (χ0) is 21.3. The van der Waals surface area contributed by atoms with Gasteiger partial charge in [-0.05, 0) is 64.8 Å². The van der Waals surface area contributed by atoms with Crippen LogP contribution in [0.2, 0.25) is 0 Å². The van der Waals surface area contributed by atoms with Gasteiger partial charge < -0.3 is 10.6 Å². The molecule has 0 spiro atoms. The van der Waals surface area contributed by atoms with E-state index in [2.05, 4.69) is 38.3 Å². The van der Waals surface area contributed by atoms with Crippen molar-refractivity contribution >= 4 is 27.3 Å². The second kappa shape index (κ2) is 8.65. The molecule has 0 aromatic carbocycles. The molecule has 1 saturated carbocycles. The van der Waals surface area contributed by atoms with E-state index in [0.29, 0.717) is 4.21 Å². The molecule has 0 radical (unpaired) electrons. The van der Waals surface area contributed by atoms with Gasteiger partial charge in [0.15, 0.2) is 0 Å². The van der Waals surface area contributed by atoms with Crippen LogP contribution in [0.25, 0.3) is 0 Å². The SMILES string of the molecule is CC1(C)CC(NC(=O)CN(C2CCCCC2)S(=O)(=O)c2cccs2)CC(C)(C)N1. The average molecular weight is 442 g/mol. The van der Waals surface area contributed by atoms with Crippen LogP contribution in [0.5, 0.6) is 0 Å². The summed E-state index contributed by atoms with van der Waals surface area (Å²) < 4.78 is 28.3. The van der Waals surface area contributed by atoms with Gasteiger partial charge in [-0.1, -0.05) is 25.3 Å². The molecule has 2 fully saturated rings. The van der Waals surface area contributed by atoms with Crippen LogP contribution in [0.3, 0.4) is 0 Å². The topological polar surface area (TPSA) is 78.5 Å². The zero-order valence-electron chi connectivity index (χ0n) is 18.0. The number of nitrogens with zero attached hydrogens (tertiary/aromatic N) is 1. The van der Waals surface area contributed by atoms with Crippen LogP contribution in [-0.4, -0.2) is 48.3 Å². The summed E-state index contributed by atoms with van der Waals surface area (Å²) in [5.41, 5.74) is -0.155. The number of nitrogens with one attached hydrogen (secondary N) is 2. The molecule has 1 aromatic heterocycles. The molecule has 8 heteroatoms. The quantitative estimate of drug-likeness (QED) is 0.708. The Bertz CT molecular complexity index is 781. The predicted octanol–water partition coefficient (Wildman–Crippen LogP) is 3.50. The fourth-order valence-electron chi connectivity index (χ4n) is 5.14. The number of hydrogen-bond acceptors (Lipinski definition) is 5. The minimum absolute atomic E-state index is 0.0337. The van der Waals surface area contributed by atoms with E-state index in [1.54, 1.807) is 17.5 Å². The third-order valence-corrected chi connectivity index (χ3v) is 9.17. The molecule has 0 bridgehead atoms. The van der Waals surface area contributed by atoms with E-state index in [9.17, 15) is 13.2 Å². The third kappa shape index (κ3) is 5.81. The van der Waals surface area contributed by atoms with Gasteiger partial charge in [0.05, 0.1) is 6.54 Å². The van der Waals surface area contributed by atoms with E-state index in [-0.39, 0.29) is 35.6 Å². The Hall–Kier alpha value is -0.960. The molecule has 2 aliphatic rings. The van der Waals surface area contributed by atoms with Crippen LogP contribution < -0.4 is 10.6 Å². The molecule has 6 nitrogen and oxygen atoms in total. The third-order valence-electron chi connectivity index (χ3n) is 5.89. The first-order valence-corrected chi connectivity index (χ1v) is 12.9. The van der Waals surface area contributed by atoms with Gasteiger partial charge in [-0.25, -0.2) is 8.42 Å². The highest BCUT2D eigenvalue weighted by atomic mass is 32.2. The monoisotopic (exact) mass is 441 g/mol. The number of hydrogen-bond donors (Lipinski definition) is 2. The smallest absolute Gasteiger partial charge is 0.253 e. The summed E-state index contributed by atoms with van der Waals surface area (Å²) in [6.07, 6.45) is 6.46. The molecule has 1 aliphatic heterocycles. The van der Waals surface area contributed by atoms with Crippen LogP contribution in [0.15, 0.2) is 21.7 Å². The summed E-state index contributed by atoms with van der Waals surface area (Å²) in [5, 5.41) is 8.52. The van der Waals surface area contributed by atoms with Gasteiger partial charge in [-0.2, -0.15) is 4.31 Å². The summed E-state index contributed by atoms with van der Waals surface area (Å²) >= 11 is 1.21. The van der Waals surface area contributed by atoms with Gasteiger partial charge >= 0.3 is 0 Å². The van der Waals surface area contributed by atoms with E-state index >= 15 is 0 Å². The maximum atomic E-state index is 13.3. The van der Waals surface area contributed by atoms with Crippen LogP contribution >= 0.6 is 11.3 Å². The van der Waals surface area contributed by atoms with Gasteiger partial charge in [0, 0.05) is 23.2 Å². The minimum Gasteiger partial charge on any atom is -0.352 e. The van der Waals surface area contributed by atoms with Gasteiger partial charge in [0.1, 0.15) is 4.21 Å². The summed E-state index contributed by atoms with van der Waals surface area (Å²) in [6.45, 7) is 8.46. The molecule has 1 aromatic rings. The summed E-state index contributed by atoms with van der Waals surface area (Å²) in [5.74, 6) is -0.200. The summed E-state index contributed by atoms with van der Waals surface area (Å²) in [6, 6.07) is 3.32. The second-order valence-electron chi connectivity index (χ2n) is 9.84. The van der Waals surface area contributed by atoms with Crippen molar-refractivity contribution in [1.29, 1.82) is 0 Å². The van der Waals surface area contributed by atoms with Gasteiger partial charge in [0.25, 0.3) is 10.0 Å². The van der Waals surface area contributed by atoms with Crippen LogP contribution in [0, 0.1) is 0 Å². The largest absolute Gasteiger partial charge is 0.352 e. The van der Waals surface area contributed by atoms with Gasteiger partial charge in [-0.3, -0.25) is 4.79 Å². The van der Waals surface area contributed by atoms with E-state index in [1.165, 1.54) is 15.6 Å². The zero-order valence-corrected chi connectivity index (χ0v) is 19.7. The number of amides is 1. The first kappa shape index (κ1) is 22.7. The number of carbonyl (C=O) groups is 1. The fraction of sp³-hybridized carbons (Fsp3) is 0.762. The molecule has 2 N–H and O–H groups in total. The van der Waals surface area contributed by atoms with E-state index < -0.39 is 10.0 Å². The molecular formula is C21H35N3O3S2. The van der Waals surface area contributed by atoms with E-state index in [1.807, 2.05) is 0 Å². The predicted molar refractivity (Wildman–Crippen MR) is 118 cm³/mol. The van der Waals surface area contributed by atoms with Crippen molar-refractivity contribution < 1.29 is 13.2 Å². The Morgan fingerprint density at radius 2 is 1.79 bits per heavy atom. The van der Waals surface area contributed by atoms with Crippen molar-refractivity contribution in [2.45, 2.75) is 100 Å². The minimum atomic E-state index is -3.66. The molecule has 164 valence electrons. The van der Waals surface area contributed by atoms with Crippen LogP contribution in [0.4, 0.5) is 0 Å². The highest BCUT2D eigenvalue weighted by Crippen LogP contribution is 2.31. The van der Waals surface area contributed by atoms with Crippen LogP contribution in [-0.2, 0) is 14.8 Å². The second-order valence-corrected chi connectivity index (χ2v) is 12.9. The lowest BCUT2D eigenvalue weighted by atomic mass is 9.79. The Morgan fingerprint density at radius 3 is 2.34 bits per heavy atom. The number of thiophene rings is 1. The molecule has 1 amide bonds. The fourth-order valence-corrected chi connectivity index (χ4v) is 7.91. The van der Waals surface area contributed by atoms with Crippen molar-refractivity contribution in [3.63, 3.8) is 0 Å². The van der Waals surface area contributed by atoms with Crippen LogP contribution in [0.1, 0.15) is 72.6 Å². The number of piperidine rings is 1. The van der Waals surface area contributed by atoms with Crippen molar-refractivity contribution in [3.8, 4) is 0 Å². The molecule has 3 rings (SSSR count). The normalized spacial score (nSPS) is 23.2. The standard InChI is InChI=1S/C21H35N3O3S2/c1-20(2)13-16(14-21(3,4)23-20)22-18(25)15-24(17-9-6-5-7-10-17)29(26,27)19-11-8-12-28-19/h8,11-12,16-17,23H,5-7,9-10,13-15H2,1-4H3,(H,22,25). The van der Waals surface area contributed by atoms with Gasteiger partial charge in [-0.15, -0.1) is 11.3 Å². The first-order valence-electron chi connectivity index (χ1n) is 10.6. The highest BCUT2D eigenvalue weighted by molar-refractivity contribution is 7.91. The Balaban J connectivity index is 1.74. The lowest BCUT2D eigenvalue weighted by Gasteiger charge is -2.46. The molecule has 1 saturated heterocycles. The van der Waals surface area contributed by atoms with Gasteiger partial charge in [0.2, 0.25) is 5.91 Å². The Morgan fingerprint density at radius 1 is 1.17 bits per heavy atom. The van der Waals surface area contributed by atoms with Crippen molar-refractivity contribution in [1.82, 2.24) is 14.9 Å². The average Bonchev–Trinajstić information content (AvgIpc) is 3.13. The molecule has 29 heavy (non-hydrogen) atoms. The number of rotatable bonds is 6. The molecule has 2 heterocycles. The first-order chi connectivity index (χ1) is 13.5. The van der Waals surface area contributed by atoms with E-state index in [4.69, 9.17) is 0 Å². The number of sulfonamides is 1. The lowest BCUT2D eigenvalue weighted by molar-refractivity contribution is -0.123. The molecule has 0 unspecified atom stereocenters. The Kier molecular flexibility index (Phi) is 6.78. The lowest BCUT2D eigenvalue weighted by Crippen LogP contribution is -2.62. The molecule has 0 atom stereocenters. The van der Waals surface area contributed by atoms with Crippen molar-refractivity contribution in [3.05, 3.63) is 17.5 Å². The maximum Gasteiger partial charge on any atom is 0.253 e. The van der Waals surface area contributed by atoms with E-state index in [0.717, 1.165) is 44.9 Å². The van der Waals surface area contributed by atoms with Crippen molar-refractivity contribution in [2.24, 2.45) is 0 Å².